The van der Waals surface area contributed by atoms with Crippen LogP contribution in [0.4, 0.5) is 17.6 Å². The second kappa shape index (κ2) is 8.49. The van der Waals surface area contributed by atoms with Crippen LogP contribution in [0.15, 0.2) is 30.5 Å². The molecule has 29 heavy (non-hydrogen) atoms. The highest BCUT2D eigenvalue weighted by Crippen LogP contribution is 2.30. The second-order valence-corrected chi connectivity index (χ2v) is 7.74. The Kier molecular flexibility index (Phi) is 5.98. The number of benzene rings is 1. The summed E-state index contributed by atoms with van der Waals surface area (Å²) in [6, 6.07) is 5.85. The standard InChI is InChI=1S/C20H25F4N3O2/c21-19(22)28-9-4-15-2-3-18-16(10-15)11-17(12-29-18)27-6-1-5-26(27)8-7-25-13-20(23,24)14-25/h1-3,6,10,17,19H,4-5,7-9,11-14H2/t17-/m1/s1. The third-order valence-electron chi connectivity index (χ3n) is 5.51. The van der Waals surface area contributed by atoms with E-state index in [-0.39, 0.29) is 25.7 Å². The molecule has 3 aliphatic rings. The maximum absolute atomic E-state index is 13.0. The number of ether oxygens (including phenoxy) is 2. The lowest BCUT2D eigenvalue weighted by Gasteiger charge is -2.42. The van der Waals surface area contributed by atoms with Gasteiger partial charge in [0, 0.05) is 32.3 Å². The van der Waals surface area contributed by atoms with Gasteiger partial charge in [0.1, 0.15) is 12.4 Å². The highest BCUT2D eigenvalue weighted by atomic mass is 19.3. The van der Waals surface area contributed by atoms with E-state index < -0.39 is 12.5 Å². The lowest BCUT2D eigenvalue weighted by Crippen LogP contribution is -2.58. The molecule has 5 nitrogen and oxygen atoms in total. The fraction of sp³-hybridized carbons (Fsp3) is 0.600. The molecule has 0 amide bonds. The number of nitrogens with zero attached hydrogens (tertiary/aromatic N) is 3. The van der Waals surface area contributed by atoms with Gasteiger partial charge in [-0.05, 0) is 23.6 Å². The normalized spacial score (nSPS) is 23.9. The van der Waals surface area contributed by atoms with Crippen molar-refractivity contribution in [1.82, 2.24) is 14.9 Å². The van der Waals surface area contributed by atoms with Crippen molar-refractivity contribution in [3.05, 3.63) is 41.6 Å². The zero-order valence-electron chi connectivity index (χ0n) is 16.1. The predicted octanol–water partition coefficient (Wildman–Crippen LogP) is 2.77. The van der Waals surface area contributed by atoms with Crippen LogP contribution in [0.5, 0.6) is 5.75 Å². The number of hydrogen-bond donors (Lipinski definition) is 0. The van der Waals surface area contributed by atoms with Crippen molar-refractivity contribution in [2.45, 2.75) is 31.4 Å². The zero-order chi connectivity index (χ0) is 20.4. The van der Waals surface area contributed by atoms with Gasteiger partial charge in [-0.1, -0.05) is 18.2 Å². The van der Waals surface area contributed by atoms with E-state index in [2.05, 4.69) is 20.8 Å². The topological polar surface area (TPSA) is 28.2 Å². The van der Waals surface area contributed by atoms with Crippen molar-refractivity contribution in [3.63, 3.8) is 0 Å². The summed E-state index contributed by atoms with van der Waals surface area (Å²) >= 11 is 0. The molecule has 1 aromatic carbocycles. The van der Waals surface area contributed by atoms with Crippen LogP contribution in [0.2, 0.25) is 0 Å². The highest BCUT2D eigenvalue weighted by Gasteiger charge is 2.43. The summed E-state index contributed by atoms with van der Waals surface area (Å²) in [5.41, 5.74) is 1.97. The Balaban J connectivity index is 1.32. The van der Waals surface area contributed by atoms with Gasteiger partial charge in [0.05, 0.1) is 25.7 Å². The largest absolute Gasteiger partial charge is 0.491 e. The van der Waals surface area contributed by atoms with Crippen LogP contribution in [-0.4, -0.2) is 79.4 Å². The van der Waals surface area contributed by atoms with Crippen LogP contribution < -0.4 is 4.74 Å². The minimum absolute atomic E-state index is 0.0288. The smallest absolute Gasteiger partial charge is 0.345 e. The van der Waals surface area contributed by atoms with Crippen LogP contribution in [-0.2, 0) is 17.6 Å². The Morgan fingerprint density at radius 3 is 2.79 bits per heavy atom. The van der Waals surface area contributed by atoms with Gasteiger partial charge >= 0.3 is 6.61 Å². The van der Waals surface area contributed by atoms with Crippen molar-refractivity contribution in [2.24, 2.45) is 0 Å². The first-order valence-electron chi connectivity index (χ1n) is 9.84. The predicted molar refractivity (Wildman–Crippen MR) is 99.0 cm³/mol. The van der Waals surface area contributed by atoms with Gasteiger partial charge in [0.25, 0.3) is 5.92 Å². The molecular weight excluding hydrogens is 390 g/mol. The molecule has 0 N–H and O–H groups in total. The molecule has 0 unspecified atom stereocenters. The Morgan fingerprint density at radius 2 is 2.03 bits per heavy atom. The fourth-order valence-corrected chi connectivity index (χ4v) is 4.07. The monoisotopic (exact) mass is 415 g/mol. The molecule has 1 atom stereocenters. The minimum atomic E-state index is -2.75. The van der Waals surface area contributed by atoms with E-state index in [0.717, 1.165) is 29.8 Å². The Morgan fingerprint density at radius 1 is 1.21 bits per heavy atom. The lowest BCUT2D eigenvalue weighted by atomic mass is 9.99. The van der Waals surface area contributed by atoms with Gasteiger partial charge in [-0.15, -0.1) is 0 Å². The molecule has 0 spiro atoms. The van der Waals surface area contributed by atoms with Gasteiger partial charge in [0.15, 0.2) is 0 Å². The molecule has 0 saturated carbocycles. The quantitative estimate of drug-likeness (QED) is 0.609. The van der Waals surface area contributed by atoms with Crippen molar-refractivity contribution in [2.75, 3.05) is 45.9 Å². The van der Waals surface area contributed by atoms with Crippen LogP contribution in [0.25, 0.3) is 0 Å². The number of fused-ring (bicyclic) bond motifs is 1. The zero-order valence-corrected chi connectivity index (χ0v) is 16.1. The van der Waals surface area contributed by atoms with Crippen molar-refractivity contribution < 1.29 is 27.0 Å². The summed E-state index contributed by atoms with van der Waals surface area (Å²) in [6.07, 6.45) is 5.25. The van der Waals surface area contributed by atoms with E-state index in [0.29, 0.717) is 26.1 Å². The summed E-state index contributed by atoms with van der Waals surface area (Å²) < 4.78 is 60.6. The van der Waals surface area contributed by atoms with Crippen LogP contribution in [0.3, 0.4) is 0 Å². The molecule has 0 bridgehead atoms. The van der Waals surface area contributed by atoms with Crippen molar-refractivity contribution in [1.29, 1.82) is 0 Å². The second-order valence-electron chi connectivity index (χ2n) is 7.74. The summed E-state index contributed by atoms with van der Waals surface area (Å²) in [5.74, 6) is -1.72. The Hall–Kier alpha value is -1.84. The first-order chi connectivity index (χ1) is 13.9. The van der Waals surface area contributed by atoms with Crippen LogP contribution >= 0.6 is 0 Å². The number of alkyl halides is 4. The van der Waals surface area contributed by atoms with Crippen molar-refractivity contribution >= 4 is 0 Å². The Labute approximate surface area is 167 Å². The average molecular weight is 415 g/mol. The Bertz CT molecular complexity index is 738. The molecule has 1 saturated heterocycles. The molecule has 1 aromatic rings. The molecule has 3 aliphatic heterocycles. The molecular formula is C20H25F4N3O2. The SMILES string of the molecule is FC(F)OCCc1ccc2c(c1)C[C@@H](N1C=CCN1CCN1CC(F)(F)C1)CO2. The molecule has 1 fully saturated rings. The third kappa shape index (κ3) is 5.02. The van der Waals surface area contributed by atoms with Crippen molar-refractivity contribution in [3.8, 4) is 5.75 Å². The molecule has 160 valence electrons. The van der Waals surface area contributed by atoms with Crippen LogP contribution in [0, 0.1) is 0 Å². The number of hydrogen-bond acceptors (Lipinski definition) is 5. The van der Waals surface area contributed by atoms with E-state index >= 15 is 0 Å². The first kappa shape index (κ1) is 20.4. The van der Waals surface area contributed by atoms with E-state index in [4.69, 9.17) is 4.74 Å². The van der Waals surface area contributed by atoms with E-state index in [9.17, 15) is 17.6 Å². The molecule has 3 heterocycles. The van der Waals surface area contributed by atoms with E-state index in [1.165, 1.54) is 0 Å². The number of hydrazine groups is 1. The molecule has 4 rings (SSSR count). The summed E-state index contributed by atoms with van der Waals surface area (Å²) in [6.45, 7) is -0.542. The van der Waals surface area contributed by atoms with Gasteiger partial charge in [-0.2, -0.15) is 8.78 Å². The number of likely N-dealkylation sites (tertiary alicyclic amines) is 1. The van der Waals surface area contributed by atoms with Gasteiger partial charge < -0.3 is 14.5 Å². The molecule has 0 radical (unpaired) electrons. The summed E-state index contributed by atoms with van der Waals surface area (Å²) in [7, 11) is 0. The van der Waals surface area contributed by atoms with E-state index in [1.54, 1.807) is 4.90 Å². The highest BCUT2D eigenvalue weighted by molar-refractivity contribution is 5.39. The molecule has 9 heteroatoms. The molecule has 0 aromatic heterocycles. The van der Waals surface area contributed by atoms with Gasteiger partial charge in [0.2, 0.25) is 0 Å². The first-order valence-corrected chi connectivity index (χ1v) is 9.84. The summed E-state index contributed by atoms with van der Waals surface area (Å²) in [4.78, 5) is 1.76. The maximum Gasteiger partial charge on any atom is 0.345 e. The van der Waals surface area contributed by atoms with Gasteiger partial charge in [-0.25, -0.2) is 13.8 Å². The fourth-order valence-electron chi connectivity index (χ4n) is 4.07. The maximum atomic E-state index is 13.0. The lowest BCUT2D eigenvalue weighted by molar-refractivity contribution is -0.135. The minimum Gasteiger partial charge on any atom is -0.491 e. The molecule has 0 aliphatic carbocycles. The third-order valence-corrected chi connectivity index (χ3v) is 5.51. The number of rotatable bonds is 8. The van der Waals surface area contributed by atoms with Gasteiger partial charge in [-0.3, -0.25) is 4.90 Å². The van der Waals surface area contributed by atoms with Crippen LogP contribution in [0.1, 0.15) is 11.1 Å². The van der Waals surface area contributed by atoms with E-state index in [1.807, 2.05) is 24.4 Å². The average Bonchev–Trinajstić information content (AvgIpc) is 3.12. The summed E-state index contributed by atoms with van der Waals surface area (Å²) in [5, 5.41) is 4.28. The number of halogens is 4.